The van der Waals surface area contributed by atoms with Crippen LogP contribution in [0.15, 0.2) is 53.4 Å². The van der Waals surface area contributed by atoms with E-state index in [1.54, 1.807) is 23.1 Å². The maximum Gasteiger partial charge on any atom is 0.338 e. The van der Waals surface area contributed by atoms with E-state index in [1.807, 2.05) is 13.0 Å². The minimum atomic E-state index is -3.88. The molecule has 2 aromatic rings. The summed E-state index contributed by atoms with van der Waals surface area (Å²) in [5, 5.41) is 0. The van der Waals surface area contributed by atoms with Crippen LogP contribution < -0.4 is 4.72 Å². The van der Waals surface area contributed by atoms with Crippen molar-refractivity contribution in [3.05, 3.63) is 59.7 Å². The van der Waals surface area contributed by atoms with Gasteiger partial charge in [0.1, 0.15) is 0 Å². The first-order chi connectivity index (χ1) is 13.8. The molecule has 3 rings (SSSR count). The molecule has 1 aliphatic rings. The maximum atomic E-state index is 12.7. The Balaban J connectivity index is 1.72. The topological polar surface area (TPSA) is 92.8 Å². The molecule has 1 amide bonds. The average molecular weight is 416 g/mol. The number of rotatable bonds is 6. The third-order valence-corrected chi connectivity index (χ3v) is 6.08. The molecule has 1 atom stereocenters. The highest BCUT2D eigenvalue weighted by Crippen LogP contribution is 2.19. The number of carbonyl (C=O) groups is 2. The van der Waals surface area contributed by atoms with Gasteiger partial charge in [0.25, 0.3) is 15.9 Å². The highest BCUT2D eigenvalue weighted by atomic mass is 32.2. The van der Waals surface area contributed by atoms with Gasteiger partial charge in [-0.05, 0) is 62.6 Å². The molecular formula is C21H24N2O5S. The van der Waals surface area contributed by atoms with Crippen LogP contribution in [0.3, 0.4) is 0 Å². The lowest BCUT2D eigenvalue weighted by Gasteiger charge is -2.20. The Bertz CT molecular complexity index is 1010. The van der Waals surface area contributed by atoms with Crippen molar-refractivity contribution in [1.82, 2.24) is 4.90 Å². The standard InChI is InChI=1S/C21H24N2O5S/c1-15-7-5-9-18(13-15)22-29(26,27)19-10-6-8-17(14-19)21(25)28-16(2)20(24)23-11-3-4-12-23/h5-10,13-14,16,22H,3-4,11-12H2,1-2H3. The molecule has 0 spiro atoms. The number of likely N-dealkylation sites (tertiary alicyclic amines) is 1. The number of hydrogen-bond donors (Lipinski definition) is 1. The van der Waals surface area contributed by atoms with Gasteiger partial charge in [0.05, 0.1) is 10.5 Å². The van der Waals surface area contributed by atoms with E-state index in [1.165, 1.54) is 31.2 Å². The summed E-state index contributed by atoms with van der Waals surface area (Å²) in [6, 6.07) is 12.5. The minimum absolute atomic E-state index is 0.0630. The van der Waals surface area contributed by atoms with Gasteiger partial charge in [-0.15, -0.1) is 0 Å². The Kier molecular flexibility index (Phi) is 6.22. The lowest BCUT2D eigenvalue weighted by molar-refractivity contribution is -0.138. The average Bonchev–Trinajstić information content (AvgIpc) is 3.22. The fourth-order valence-corrected chi connectivity index (χ4v) is 4.28. The van der Waals surface area contributed by atoms with Gasteiger partial charge >= 0.3 is 5.97 Å². The van der Waals surface area contributed by atoms with Gasteiger partial charge in [0, 0.05) is 18.8 Å². The lowest BCUT2D eigenvalue weighted by Crippen LogP contribution is -2.38. The summed E-state index contributed by atoms with van der Waals surface area (Å²) in [4.78, 5) is 26.4. The Labute approximate surface area is 170 Å². The van der Waals surface area contributed by atoms with Crippen molar-refractivity contribution < 1.29 is 22.7 Å². The number of anilines is 1. The van der Waals surface area contributed by atoms with E-state index in [4.69, 9.17) is 4.74 Å². The summed E-state index contributed by atoms with van der Waals surface area (Å²) in [7, 11) is -3.88. The summed E-state index contributed by atoms with van der Waals surface area (Å²) in [5.41, 5.74) is 1.42. The second kappa shape index (κ2) is 8.65. The molecule has 1 N–H and O–H groups in total. The Morgan fingerprint density at radius 3 is 2.45 bits per heavy atom. The van der Waals surface area contributed by atoms with Crippen LogP contribution >= 0.6 is 0 Å². The molecule has 8 heteroatoms. The van der Waals surface area contributed by atoms with Crippen molar-refractivity contribution in [3.8, 4) is 0 Å². The highest BCUT2D eigenvalue weighted by molar-refractivity contribution is 7.92. The molecule has 1 fully saturated rings. The van der Waals surface area contributed by atoms with Crippen molar-refractivity contribution in [2.45, 2.75) is 37.7 Å². The Morgan fingerprint density at radius 2 is 1.76 bits per heavy atom. The smallest absolute Gasteiger partial charge is 0.338 e. The van der Waals surface area contributed by atoms with E-state index >= 15 is 0 Å². The largest absolute Gasteiger partial charge is 0.449 e. The molecule has 1 heterocycles. The monoisotopic (exact) mass is 416 g/mol. The predicted octanol–water partition coefficient (Wildman–Crippen LogP) is 2.96. The molecule has 1 saturated heterocycles. The summed E-state index contributed by atoms with van der Waals surface area (Å²) in [5.74, 6) is -0.974. The fourth-order valence-electron chi connectivity index (χ4n) is 3.19. The zero-order valence-electron chi connectivity index (χ0n) is 16.4. The number of nitrogens with one attached hydrogen (secondary N) is 1. The van der Waals surface area contributed by atoms with Crippen molar-refractivity contribution in [3.63, 3.8) is 0 Å². The molecule has 7 nitrogen and oxygen atoms in total. The third kappa shape index (κ3) is 5.14. The maximum absolute atomic E-state index is 12.7. The van der Waals surface area contributed by atoms with Gasteiger partial charge in [-0.2, -0.15) is 0 Å². The molecule has 29 heavy (non-hydrogen) atoms. The zero-order valence-corrected chi connectivity index (χ0v) is 17.2. The molecule has 0 saturated carbocycles. The van der Waals surface area contributed by atoms with Crippen molar-refractivity contribution in [2.75, 3.05) is 17.8 Å². The normalized spacial score (nSPS) is 15.0. The number of benzene rings is 2. The first kappa shape index (κ1) is 20.9. The molecule has 0 aromatic heterocycles. The van der Waals surface area contributed by atoms with E-state index < -0.39 is 22.1 Å². The van der Waals surface area contributed by atoms with Crippen LogP contribution in [0.25, 0.3) is 0 Å². The van der Waals surface area contributed by atoms with Gasteiger partial charge < -0.3 is 9.64 Å². The van der Waals surface area contributed by atoms with Crippen LogP contribution in [0.4, 0.5) is 5.69 Å². The number of carbonyl (C=O) groups excluding carboxylic acids is 2. The molecule has 1 unspecified atom stereocenters. The number of esters is 1. The molecular weight excluding hydrogens is 392 g/mol. The molecule has 0 aliphatic carbocycles. The van der Waals surface area contributed by atoms with E-state index in [0.29, 0.717) is 18.8 Å². The van der Waals surface area contributed by atoms with E-state index in [9.17, 15) is 18.0 Å². The number of sulfonamides is 1. The molecule has 0 bridgehead atoms. The van der Waals surface area contributed by atoms with Gasteiger partial charge in [-0.1, -0.05) is 18.2 Å². The van der Waals surface area contributed by atoms with Gasteiger partial charge in [-0.25, -0.2) is 13.2 Å². The minimum Gasteiger partial charge on any atom is -0.449 e. The number of aryl methyl sites for hydroxylation is 1. The number of hydrogen-bond acceptors (Lipinski definition) is 5. The molecule has 154 valence electrons. The molecule has 1 aliphatic heterocycles. The van der Waals surface area contributed by atoms with Crippen LogP contribution in [-0.2, 0) is 19.6 Å². The SMILES string of the molecule is Cc1cccc(NS(=O)(=O)c2cccc(C(=O)OC(C)C(=O)N3CCCC3)c2)c1. The summed E-state index contributed by atoms with van der Waals surface area (Å²) < 4.78 is 33.1. The zero-order chi connectivity index (χ0) is 21.0. The first-order valence-electron chi connectivity index (χ1n) is 9.45. The molecule has 0 radical (unpaired) electrons. The Morgan fingerprint density at radius 1 is 1.07 bits per heavy atom. The number of ether oxygens (including phenoxy) is 1. The molecule has 2 aromatic carbocycles. The number of nitrogens with zero attached hydrogens (tertiary/aromatic N) is 1. The summed E-state index contributed by atoms with van der Waals surface area (Å²) in [6.45, 7) is 4.72. The summed E-state index contributed by atoms with van der Waals surface area (Å²) >= 11 is 0. The van der Waals surface area contributed by atoms with Crippen LogP contribution in [-0.4, -0.2) is 44.4 Å². The van der Waals surface area contributed by atoms with Crippen molar-refractivity contribution >= 4 is 27.6 Å². The van der Waals surface area contributed by atoms with Crippen LogP contribution in [0, 0.1) is 6.92 Å². The van der Waals surface area contributed by atoms with Gasteiger partial charge in [0.15, 0.2) is 6.10 Å². The summed E-state index contributed by atoms with van der Waals surface area (Å²) in [6.07, 6.45) is 0.965. The van der Waals surface area contributed by atoms with Crippen LogP contribution in [0.1, 0.15) is 35.7 Å². The van der Waals surface area contributed by atoms with Gasteiger partial charge in [0.2, 0.25) is 0 Å². The quantitative estimate of drug-likeness (QED) is 0.731. The van der Waals surface area contributed by atoms with Crippen molar-refractivity contribution in [2.24, 2.45) is 0 Å². The predicted molar refractivity (Wildman–Crippen MR) is 109 cm³/mol. The van der Waals surface area contributed by atoms with E-state index in [0.717, 1.165) is 18.4 Å². The van der Waals surface area contributed by atoms with Gasteiger partial charge in [-0.3, -0.25) is 9.52 Å². The lowest BCUT2D eigenvalue weighted by atomic mass is 10.2. The second-order valence-electron chi connectivity index (χ2n) is 7.08. The second-order valence-corrected chi connectivity index (χ2v) is 8.77. The van der Waals surface area contributed by atoms with Crippen LogP contribution in [0.5, 0.6) is 0 Å². The third-order valence-electron chi connectivity index (χ3n) is 4.70. The Hall–Kier alpha value is -2.87. The van der Waals surface area contributed by atoms with E-state index in [-0.39, 0.29) is 16.4 Å². The number of amides is 1. The van der Waals surface area contributed by atoms with Crippen molar-refractivity contribution in [1.29, 1.82) is 0 Å². The fraction of sp³-hybridized carbons (Fsp3) is 0.333. The highest BCUT2D eigenvalue weighted by Gasteiger charge is 2.26. The van der Waals surface area contributed by atoms with E-state index in [2.05, 4.69) is 4.72 Å². The first-order valence-corrected chi connectivity index (χ1v) is 10.9. The van der Waals surface area contributed by atoms with Crippen LogP contribution in [0.2, 0.25) is 0 Å².